The van der Waals surface area contributed by atoms with Crippen molar-refractivity contribution in [1.82, 2.24) is 25.2 Å². The molecule has 2 heterocycles. The highest BCUT2D eigenvalue weighted by Gasteiger charge is 2.37. The van der Waals surface area contributed by atoms with Crippen molar-refractivity contribution < 1.29 is 0 Å². The predicted octanol–water partition coefficient (Wildman–Crippen LogP) is 1.41. The molecule has 1 saturated carbocycles. The van der Waals surface area contributed by atoms with Crippen LogP contribution in [0, 0.1) is 11.8 Å². The third-order valence-corrected chi connectivity index (χ3v) is 4.51. The number of piperazine rings is 1. The van der Waals surface area contributed by atoms with Gasteiger partial charge in [0.2, 0.25) is 0 Å². The number of hydrogen-bond acceptors (Lipinski definition) is 4. The molecule has 1 aromatic heterocycles. The highest BCUT2D eigenvalue weighted by molar-refractivity contribution is 4.98. The second kappa shape index (κ2) is 5.82. The van der Waals surface area contributed by atoms with Gasteiger partial charge in [-0.15, -0.1) is 5.10 Å². The minimum atomic E-state index is 0.631. The number of aromatic nitrogens is 3. The first-order valence-corrected chi connectivity index (χ1v) is 7.94. The Morgan fingerprint density at radius 1 is 1.40 bits per heavy atom. The van der Waals surface area contributed by atoms with Gasteiger partial charge in [0.15, 0.2) is 0 Å². The predicted molar refractivity (Wildman–Crippen MR) is 79.2 cm³/mol. The summed E-state index contributed by atoms with van der Waals surface area (Å²) in [7, 11) is 1.94. The zero-order valence-electron chi connectivity index (χ0n) is 12.9. The minimum absolute atomic E-state index is 0.631. The van der Waals surface area contributed by atoms with E-state index in [0.29, 0.717) is 12.1 Å². The number of nitrogens with zero attached hydrogens (tertiary/aromatic N) is 4. The highest BCUT2D eigenvalue weighted by Crippen LogP contribution is 2.35. The molecule has 0 amide bonds. The van der Waals surface area contributed by atoms with E-state index in [2.05, 4.69) is 34.4 Å². The molecule has 1 aliphatic heterocycles. The van der Waals surface area contributed by atoms with Crippen LogP contribution in [0.3, 0.4) is 0 Å². The largest absolute Gasteiger partial charge is 0.311 e. The summed E-state index contributed by atoms with van der Waals surface area (Å²) in [6, 6.07) is 1.32. The standard InChI is InChI=1S/C15H27N5/c1-11(2)6-14-7-16-15(12-4-5-12)10-20(14)9-13-8-19(3)18-17-13/h8,11-12,14-16H,4-7,9-10H2,1-3H3. The molecular formula is C15H27N5. The second-order valence-corrected chi connectivity index (χ2v) is 6.95. The molecule has 0 radical (unpaired) electrons. The fourth-order valence-corrected chi connectivity index (χ4v) is 3.34. The number of rotatable bonds is 5. The summed E-state index contributed by atoms with van der Waals surface area (Å²) in [5.41, 5.74) is 1.10. The summed E-state index contributed by atoms with van der Waals surface area (Å²) in [4.78, 5) is 2.63. The van der Waals surface area contributed by atoms with E-state index in [0.717, 1.165) is 30.6 Å². The molecule has 0 spiro atoms. The molecule has 1 saturated heterocycles. The van der Waals surface area contributed by atoms with E-state index < -0.39 is 0 Å². The van der Waals surface area contributed by atoms with Crippen LogP contribution in [-0.2, 0) is 13.6 Å². The van der Waals surface area contributed by atoms with E-state index in [1.165, 1.54) is 25.8 Å². The molecule has 0 aromatic carbocycles. The molecule has 1 aliphatic carbocycles. The number of hydrogen-bond donors (Lipinski definition) is 1. The molecule has 3 rings (SSSR count). The highest BCUT2D eigenvalue weighted by atomic mass is 15.4. The lowest BCUT2D eigenvalue weighted by Crippen LogP contribution is -2.57. The van der Waals surface area contributed by atoms with Crippen LogP contribution in [0.1, 0.15) is 38.8 Å². The van der Waals surface area contributed by atoms with Crippen molar-refractivity contribution in [2.75, 3.05) is 13.1 Å². The van der Waals surface area contributed by atoms with E-state index in [4.69, 9.17) is 0 Å². The van der Waals surface area contributed by atoms with Gasteiger partial charge in [0.1, 0.15) is 0 Å². The van der Waals surface area contributed by atoms with Crippen LogP contribution >= 0.6 is 0 Å². The third-order valence-electron chi connectivity index (χ3n) is 4.51. The molecule has 5 heteroatoms. The Hall–Kier alpha value is -0.940. The summed E-state index contributed by atoms with van der Waals surface area (Å²) < 4.78 is 1.80. The van der Waals surface area contributed by atoms with Crippen molar-refractivity contribution in [2.24, 2.45) is 18.9 Å². The van der Waals surface area contributed by atoms with Crippen molar-refractivity contribution in [1.29, 1.82) is 0 Å². The Kier molecular flexibility index (Phi) is 4.08. The monoisotopic (exact) mass is 277 g/mol. The Labute approximate surface area is 121 Å². The summed E-state index contributed by atoms with van der Waals surface area (Å²) >= 11 is 0. The average molecular weight is 277 g/mol. The second-order valence-electron chi connectivity index (χ2n) is 6.95. The summed E-state index contributed by atoms with van der Waals surface area (Å²) in [5.74, 6) is 1.66. The molecule has 1 N–H and O–H groups in total. The van der Waals surface area contributed by atoms with Crippen molar-refractivity contribution in [2.45, 2.75) is 51.7 Å². The van der Waals surface area contributed by atoms with Crippen LogP contribution in [0.15, 0.2) is 6.20 Å². The smallest absolute Gasteiger partial charge is 0.0967 e. The maximum Gasteiger partial charge on any atom is 0.0967 e. The van der Waals surface area contributed by atoms with Gasteiger partial charge in [-0.3, -0.25) is 9.58 Å². The Morgan fingerprint density at radius 2 is 2.20 bits per heavy atom. The van der Waals surface area contributed by atoms with E-state index >= 15 is 0 Å². The SMILES string of the molecule is CC(C)CC1CNC(C2CC2)CN1Cc1cn(C)nn1. The van der Waals surface area contributed by atoms with Gasteiger partial charge in [0.25, 0.3) is 0 Å². The zero-order valence-corrected chi connectivity index (χ0v) is 12.9. The molecule has 5 nitrogen and oxygen atoms in total. The number of nitrogens with one attached hydrogen (secondary N) is 1. The summed E-state index contributed by atoms with van der Waals surface area (Å²) in [6.45, 7) is 7.86. The molecule has 2 aliphatic rings. The summed E-state index contributed by atoms with van der Waals surface area (Å²) in [5, 5.41) is 12.1. The molecule has 20 heavy (non-hydrogen) atoms. The first-order chi connectivity index (χ1) is 9.61. The maximum atomic E-state index is 4.26. The lowest BCUT2D eigenvalue weighted by molar-refractivity contribution is 0.0986. The van der Waals surface area contributed by atoms with E-state index in [-0.39, 0.29) is 0 Å². The third kappa shape index (κ3) is 3.38. The molecule has 1 aromatic rings. The van der Waals surface area contributed by atoms with Crippen molar-refractivity contribution in [3.63, 3.8) is 0 Å². The van der Waals surface area contributed by atoms with Gasteiger partial charge in [-0.25, -0.2) is 0 Å². The average Bonchev–Trinajstić information content (AvgIpc) is 3.15. The van der Waals surface area contributed by atoms with E-state index in [9.17, 15) is 0 Å². The lowest BCUT2D eigenvalue weighted by atomic mass is 9.97. The van der Waals surface area contributed by atoms with E-state index in [1.54, 1.807) is 4.68 Å². The zero-order chi connectivity index (χ0) is 14.1. The van der Waals surface area contributed by atoms with Gasteiger partial charge >= 0.3 is 0 Å². The molecule has 2 atom stereocenters. The first kappa shape index (κ1) is 14.0. The van der Waals surface area contributed by atoms with Gasteiger partial charge < -0.3 is 5.32 Å². The minimum Gasteiger partial charge on any atom is -0.311 e. The van der Waals surface area contributed by atoms with Gasteiger partial charge in [-0.05, 0) is 31.1 Å². The molecular weight excluding hydrogens is 250 g/mol. The quantitative estimate of drug-likeness (QED) is 0.884. The Morgan fingerprint density at radius 3 is 2.80 bits per heavy atom. The fourth-order valence-electron chi connectivity index (χ4n) is 3.34. The van der Waals surface area contributed by atoms with Gasteiger partial charge in [0.05, 0.1) is 5.69 Å². The van der Waals surface area contributed by atoms with Crippen LogP contribution in [0.5, 0.6) is 0 Å². The summed E-state index contributed by atoms with van der Waals surface area (Å²) in [6.07, 6.45) is 6.11. The molecule has 2 unspecified atom stereocenters. The van der Waals surface area contributed by atoms with Crippen molar-refractivity contribution in [3.8, 4) is 0 Å². The topological polar surface area (TPSA) is 46.0 Å². The van der Waals surface area contributed by atoms with Crippen LogP contribution in [-0.4, -0.2) is 45.1 Å². The molecule has 2 fully saturated rings. The van der Waals surface area contributed by atoms with Crippen LogP contribution in [0.4, 0.5) is 0 Å². The van der Waals surface area contributed by atoms with Crippen LogP contribution in [0.2, 0.25) is 0 Å². The molecule has 112 valence electrons. The molecule has 0 bridgehead atoms. The number of aryl methyl sites for hydroxylation is 1. The first-order valence-electron chi connectivity index (χ1n) is 7.94. The maximum absolute atomic E-state index is 4.26. The van der Waals surface area contributed by atoms with Crippen LogP contribution in [0.25, 0.3) is 0 Å². The van der Waals surface area contributed by atoms with Gasteiger partial charge in [-0.1, -0.05) is 19.1 Å². The van der Waals surface area contributed by atoms with Gasteiger partial charge in [0, 0.05) is 45.0 Å². The van der Waals surface area contributed by atoms with Crippen LogP contribution < -0.4 is 5.32 Å². The Balaban J connectivity index is 1.66. The van der Waals surface area contributed by atoms with Crippen molar-refractivity contribution in [3.05, 3.63) is 11.9 Å². The Bertz CT molecular complexity index is 437. The fraction of sp³-hybridized carbons (Fsp3) is 0.867. The van der Waals surface area contributed by atoms with Crippen molar-refractivity contribution >= 4 is 0 Å². The van der Waals surface area contributed by atoms with Gasteiger partial charge in [-0.2, -0.15) is 0 Å². The normalized spacial score (nSPS) is 28.2. The lowest BCUT2D eigenvalue weighted by Gasteiger charge is -2.41. The van der Waals surface area contributed by atoms with E-state index in [1.807, 2.05) is 13.2 Å².